The van der Waals surface area contributed by atoms with Crippen LogP contribution >= 0.6 is 15.9 Å². The SMILES string of the molecule is C#C[C@H]1C[C@@H]1c1ccc(Br)c(F)c1. The zero-order valence-electron chi connectivity index (χ0n) is 6.93. The Morgan fingerprint density at radius 3 is 2.85 bits per heavy atom. The quantitative estimate of drug-likeness (QED) is 0.659. The monoisotopic (exact) mass is 238 g/mol. The van der Waals surface area contributed by atoms with Crippen molar-refractivity contribution in [2.24, 2.45) is 5.92 Å². The van der Waals surface area contributed by atoms with E-state index in [1.165, 1.54) is 0 Å². The molecule has 0 amide bonds. The molecular formula is C11H8BrF. The summed E-state index contributed by atoms with van der Waals surface area (Å²) in [4.78, 5) is 0. The van der Waals surface area contributed by atoms with Gasteiger partial charge in [0.05, 0.1) is 4.47 Å². The van der Waals surface area contributed by atoms with E-state index in [4.69, 9.17) is 6.42 Å². The minimum absolute atomic E-state index is 0.208. The van der Waals surface area contributed by atoms with Gasteiger partial charge in [-0.05, 0) is 46.0 Å². The summed E-state index contributed by atoms with van der Waals surface area (Å²) in [7, 11) is 0. The van der Waals surface area contributed by atoms with Crippen LogP contribution in [0.25, 0.3) is 0 Å². The molecule has 0 nitrogen and oxygen atoms in total. The maximum absolute atomic E-state index is 13.1. The maximum atomic E-state index is 13.1. The summed E-state index contributed by atoms with van der Waals surface area (Å²) in [6.45, 7) is 0. The largest absolute Gasteiger partial charge is 0.206 e. The molecule has 0 heterocycles. The van der Waals surface area contributed by atoms with Gasteiger partial charge in [-0.3, -0.25) is 0 Å². The standard InChI is InChI=1S/C11H8BrF/c1-2-7-5-9(7)8-3-4-10(12)11(13)6-8/h1,3-4,6-7,9H,5H2/t7-,9-/m0/s1. The summed E-state index contributed by atoms with van der Waals surface area (Å²) in [5, 5.41) is 0. The fourth-order valence-electron chi connectivity index (χ4n) is 1.49. The van der Waals surface area contributed by atoms with Crippen LogP contribution in [0.4, 0.5) is 4.39 Å². The van der Waals surface area contributed by atoms with Crippen LogP contribution in [0.3, 0.4) is 0 Å². The van der Waals surface area contributed by atoms with Crippen molar-refractivity contribution in [1.29, 1.82) is 0 Å². The second-order valence-electron chi connectivity index (χ2n) is 3.29. The third-order valence-corrected chi connectivity index (χ3v) is 3.02. The predicted molar refractivity (Wildman–Crippen MR) is 53.8 cm³/mol. The van der Waals surface area contributed by atoms with Gasteiger partial charge >= 0.3 is 0 Å². The topological polar surface area (TPSA) is 0 Å². The maximum Gasteiger partial charge on any atom is 0.137 e. The average Bonchev–Trinajstić information content (AvgIpc) is 2.88. The molecule has 2 rings (SSSR count). The molecular weight excluding hydrogens is 231 g/mol. The summed E-state index contributed by atoms with van der Waals surface area (Å²) in [6, 6.07) is 5.22. The van der Waals surface area contributed by atoms with Crippen molar-refractivity contribution in [2.75, 3.05) is 0 Å². The molecule has 1 aromatic carbocycles. The van der Waals surface area contributed by atoms with E-state index < -0.39 is 0 Å². The Hall–Kier alpha value is -0.810. The van der Waals surface area contributed by atoms with Gasteiger partial charge in [-0.15, -0.1) is 12.3 Å². The van der Waals surface area contributed by atoms with Gasteiger partial charge in [-0.1, -0.05) is 6.07 Å². The van der Waals surface area contributed by atoms with Gasteiger partial charge in [0.2, 0.25) is 0 Å². The molecule has 0 spiro atoms. The lowest BCUT2D eigenvalue weighted by Crippen LogP contribution is -1.85. The van der Waals surface area contributed by atoms with Crippen molar-refractivity contribution >= 4 is 15.9 Å². The Labute approximate surface area is 85.3 Å². The van der Waals surface area contributed by atoms with Crippen LogP contribution in [0.2, 0.25) is 0 Å². The Kier molecular flexibility index (Phi) is 2.13. The minimum atomic E-state index is -0.208. The van der Waals surface area contributed by atoms with Crippen molar-refractivity contribution in [2.45, 2.75) is 12.3 Å². The fraction of sp³-hybridized carbons (Fsp3) is 0.273. The van der Waals surface area contributed by atoms with Gasteiger partial charge in [0.25, 0.3) is 0 Å². The number of halogens is 2. The molecule has 0 bridgehead atoms. The first-order valence-corrected chi connectivity index (χ1v) is 4.92. The van der Waals surface area contributed by atoms with Crippen molar-refractivity contribution in [3.63, 3.8) is 0 Å². The number of terminal acetylenes is 1. The summed E-state index contributed by atoms with van der Waals surface area (Å²) >= 11 is 3.12. The first-order valence-electron chi connectivity index (χ1n) is 4.13. The third-order valence-electron chi connectivity index (χ3n) is 2.38. The Morgan fingerprint density at radius 2 is 2.31 bits per heavy atom. The van der Waals surface area contributed by atoms with Gasteiger partial charge in [0.1, 0.15) is 5.82 Å². The van der Waals surface area contributed by atoms with E-state index in [2.05, 4.69) is 21.9 Å². The first kappa shape index (κ1) is 8.77. The Balaban J connectivity index is 2.25. The predicted octanol–water partition coefficient (Wildman–Crippen LogP) is 3.32. The van der Waals surface area contributed by atoms with Crippen LogP contribution in [0.5, 0.6) is 0 Å². The van der Waals surface area contributed by atoms with Crippen LogP contribution < -0.4 is 0 Å². The zero-order chi connectivity index (χ0) is 9.42. The molecule has 1 aliphatic carbocycles. The van der Waals surface area contributed by atoms with Gasteiger partial charge in [0, 0.05) is 5.92 Å². The second-order valence-corrected chi connectivity index (χ2v) is 4.14. The van der Waals surface area contributed by atoms with Crippen molar-refractivity contribution in [1.82, 2.24) is 0 Å². The van der Waals surface area contributed by atoms with Crippen LogP contribution in [-0.4, -0.2) is 0 Å². The lowest BCUT2D eigenvalue weighted by molar-refractivity contribution is 0.618. The molecule has 0 aliphatic heterocycles. The highest BCUT2D eigenvalue weighted by Crippen LogP contribution is 2.47. The average molecular weight is 239 g/mol. The molecule has 66 valence electrons. The Bertz CT molecular complexity index is 378. The molecule has 1 saturated carbocycles. The van der Waals surface area contributed by atoms with Crippen LogP contribution in [0.15, 0.2) is 22.7 Å². The van der Waals surface area contributed by atoms with E-state index in [-0.39, 0.29) is 5.82 Å². The molecule has 1 fully saturated rings. The number of hydrogen-bond acceptors (Lipinski definition) is 0. The lowest BCUT2D eigenvalue weighted by Gasteiger charge is -1.99. The molecule has 0 unspecified atom stereocenters. The van der Waals surface area contributed by atoms with Gasteiger partial charge in [-0.2, -0.15) is 0 Å². The summed E-state index contributed by atoms with van der Waals surface area (Å²) in [5.74, 6) is 3.18. The number of benzene rings is 1. The Morgan fingerprint density at radius 1 is 1.54 bits per heavy atom. The fourth-order valence-corrected chi connectivity index (χ4v) is 1.74. The molecule has 13 heavy (non-hydrogen) atoms. The molecule has 0 radical (unpaired) electrons. The normalized spacial score (nSPS) is 25.3. The summed E-state index contributed by atoms with van der Waals surface area (Å²) in [5.41, 5.74) is 1.02. The first-order chi connectivity index (χ1) is 6.22. The molecule has 2 atom stereocenters. The lowest BCUT2D eigenvalue weighted by atomic mass is 10.1. The van der Waals surface area contributed by atoms with E-state index in [9.17, 15) is 4.39 Å². The highest BCUT2D eigenvalue weighted by atomic mass is 79.9. The van der Waals surface area contributed by atoms with E-state index in [0.717, 1.165) is 12.0 Å². The molecule has 0 saturated heterocycles. The van der Waals surface area contributed by atoms with E-state index in [0.29, 0.717) is 16.3 Å². The van der Waals surface area contributed by atoms with Crippen LogP contribution in [-0.2, 0) is 0 Å². The smallest absolute Gasteiger partial charge is 0.137 e. The molecule has 0 aromatic heterocycles. The van der Waals surface area contributed by atoms with Crippen molar-refractivity contribution < 1.29 is 4.39 Å². The molecule has 1 aromatic rings. The highest BCUT2D eigenvalue weighted by molar-refractivity contribution is 9.10. The second kappa shape index (κ2) is 3.16. The zero-order valence-corrected chi connectivity index (χ0v) is 8.51. The van der Waals surface area contributed by atoms with Crippen LogP contribution in [0, 0.1) is 24.1 Å². The molecule has 1 aliphatic rings. The highest BCUT2D eigenvalue weighted by Gasteiger charge is 2.36. The van der Waals surface area contributed by atoms with Crippen LogP contribution in [0.1, 0.15) is 17.9 Å². The summed E-state index contributed by atoms with van der Waals surface area (Å²) in [6.07, 6.45) is 6.27. The van der Waals surface area contributed by atoms with Gasteiger partial charge in [0.15, 0.2) is 0 Å². The van der Waals surface area contributed by atoms with E-state index in [1.54, 1.807) is 12.1 Å². The summed E-state index contributed by atoms with van der Waals surface area (Å²) < 4.78 is 13.6. The van der Waals surface area contributed by atoms with E-state index >= 15 is 0 Å². The van der Waals surface area contributed by atoms with E-state index in [1.807, 2.05) is 6.07 Å². The van der Waals surface area contributed by atoms with Gasteiger partial charge in [-0.25, -0.2) is 4.39 Å². The number of hydrogen-bond donors (Lipinski definition) is 0. The minimum Gasteiger partial charge on any atom is -0.206 e. The van der Waals surface area contributed by atoms with Crippen molar-refractivity contribution in [3.8, 4) is 12.3 Å². The molecule has 2 heteroatoms. The van der Waals surface area contributed by atoms with Crippen molar-refractivity contribution in [3.05, 3.63) is 34.1 Å². The number of rotatable bonds is 1. The molecule has 0 N–H and O–H groups in total. The van der Waals surface area contributed by atoms with Gasteiger partial charge < -0.3 is 0 Å². The third kappa shape index (κ3) is 1.62.